The third-order valence-electron chi connectivity index (χ3n) is 3.81. The summed E-state index contributed by atoms with van der Waals surface area (Å²) in [5.41, 5.74) is 2.71. The zero-order chi connectivity index (χ0) is 17.6. The fraction of sp³-hybridized carbons (Fsp3) is 0.200. The van der Waals surface area contributed by atoms with Crippen molar-refractivity contribution in [1.29, 1.82) is 0 Å². The van der Waals surface area contributed by atoms with Gasteiger partial charge in [0.1, 0.15) is 18.0 Å². The third-order valence-corrected chi connectivity index (χ3v) is 3.81. The first-order valence-corrected chi connectivity index (χ1v) is 8.15. The molecule has 0 atom stereocenters. The molecule has 0 saturated heterocycles. The molecule has 2 aromatic carbocycles. The smallest absolute Gasteiger partial charge is 0.313 e. The van der Waals surface area contributed by atoms with Gasteiger partial charge in [0.25, 0.3) is 0 Å². The second kappa shape index (κ2) is 7.66. The maximum atomic E-state index is 11.9. The normalized spacial score (nSPS) is 10.5. The summed E-state index contributed by atoms with van der Waals surface area (Å²) >= 11 is 0. The predicted molar refractivity (Wildman–Crippen MR) is 95.9 cm³/mol. The molecule has 0 aliphatic carbocycles. The Kier molecular flexibility index (Phi) is 5.14. The molecular formula is C20H20N2O3. The van der Waals surface area contributed by atoms with Crippen LogP contribution in [0.5, 0.6) is 5.75 Å². The quantitative estimate of drug-likeness (QED) is 0.645. The molecule has 0 amide bonds. The molecule has 0 fully saturated rings. The first-order valence-electron chi connectivity index (χ1n) is 8.15. The standard InChI is InChI=1S/C20H20N2O3/c1-3-25-20(23)13-19-21-18(15-9-11-17(24-2)12-10-15)14-22(19)16-7-5-4-6-8-16/h4-12,14H,3,13H2,1-2H3. The molecule has 0 radical (unpaired) electrons. The van der Waals surface area contributed by atoms with E-state index in [9.17, 15) is 4.79 Å². The van der Waals surface area contributed by atoms with Crippen LogP contribution in [0.1, 0.15) is 12.7 Å². The summed E-state index contributed by atoms with van der Waals surface area (Å²) < 4.78 is 12.2. The molecule has 0 aliphatic rings. The predicted octanol–water partition coefficient (Wildman–Crippen LogP) is 3.65. The first-order chi connectivity index (χ1) is 12.2. The third kappa shape index (κ3) is 3.88. The van der Waals surface area contributed by atoms with Gasteiger partial charge in [0.15, 0.2) is 0 Å². The lowest BCUT2D eigenvalue weighted by Gasteiger charge is -2.07. The molecule has 3 aromatic rings. The lowest BCUT2D eigenvalue weighted by atomic mass is 10.1. The van der Waals surface area contributed by atoms with Crippen LogP contribution < -0.4 is 4.74 Å². The van der Waals surface area contributed by atoms with Gasteiger partial charge in [-0.25, -0.2) is 4.98 Å². The fourth-order valence-corrected chi connectivity index (χ4v) is 2.60. The molecule has 5 heteroatoms. The topological polar surface area (TPSA) is 53.4 Å². The Balaban J connectivity index is 1.99. The zero-order valence-electron chi connectivity index (χ0n) is 14.3. The molecule has 25 heavy (non-hydrogen) atoms. The van der Waals surface area contributed by atoms with Crippen LogP contribution in [0.25, 0.3) is 16.9 Å². The van der Waals surface area contributed by atoms with Crippen LogP contribution >= 0.6 is 0 Å². The molecule has 0 saturated carbocycles. The van der Waals surface area contributed by atoms with Crippen LogP contribution in [-0.4, -0.2) is 29.2 Å². The number of hydrogen-bond acceptors (Lipinski definition) is 4. The van der Waals surface area contributed by atoms with E-state index in [4.69, 9.17) is 9.47 Å². The lowest BCUT2D eigenvalue weighted by molar-refractivity contribution is -0.142. The fourth-order valence-electron chi connectivity index (χ4n) is 2.60. The Morgan fingerprint density at radius 3 is 2.44 bits per heavy atom. The second-order valence-electron chi connectivity index (χ2n) is 5.46. The maximum absolute atomic E-state index is 11.9. The molecule has 0 unspecified atom stereocenters. The number of ether oxygens (including phenoxy) is 2. The minimum Gasteiger partial charge on any atom is -0.497 e. The van der Waals surface area contributed by atoms with Crippen molar-refractivity contribution in [3.8, 4) is 22.7 Å². The van der Waals surface area contributed by atoms with E-state index in [1.54, 1.807) is 14.0 Å². The Morgan fingerprint density at radius 1 is 1.08 bits per heavy atom. The number of hydrogen-bond donors (Lipinski definition) is 0. The molecule has 128 valence electrons. The molecule has 0 aliphatic heterocycles. The van der Waals surface area contributed by atoms with Crippen LogP contribution in [-0.2, 0) is 16.0 Å². The van der Waals surface area contributed by atoms with Gasteiger partial charge >= 0.3 is 5.97 Å². The van der Waals surface area contributed by atoms with Gasteiger partial charge in [-0.2, -0.15) is 0 Å². The molecular weight excluding hydrogens is 316 g/mol. The van der Waals surface area contributed by atoms with Gasteiger partial charge < -0.3 is 14.0 Å². The molecule has 0 bridgehead atoms. The van der Waals surface area contributed by atoms with Crippen LogP contribution in [0.4, 0.5) is 0 Å². The number of carbonyl (C=O) groups excluding carboxylic acids is 1. The van der Waals surface area contributed by atoms with Crippen molar-refractivity contribution < 1.29 is 14.3 Å². The molecule has 1 aromatic heterocycles. The van der Waals surface area contributed by atoms with Crippen molar-refractivity contribution in [2.45, 2.75) is 13.3 Å². The Morgan fingerprint density at radius 2 is 1.80 bits per heavy atom. The van der Waals surface area contributed by atoms with Gasteiger partial charge in [0.2, 0.25) is 0 Å². The number of esters is 1. The highest BCUT2D eigenvalue weighted by molar-refractivity contribution is 5.72. The summed E-state index contributed by atoms with van der Waals surface area (Å²) in [7, 11) is 1.64. The summed E-state index contributed by atoms with van der Waals surface area (Å²) in [5.74, 6) is 1.15. The van der Waals surface area contributed by atoms with Crippen molar-refractivity contribution in [2.24, 2.45) is 0 Å². The van der Waals surface area contributed by atoms with Gasteiger partial charge in [-0.3, -0.25) is 4.79 Å². The van der Waals surface area contributed by atoms with Crippen LogP contribution in [0.2, 0.25) is 0 Å². The van der Waals surface area contributed by atoms with Crippen LogP contribution in [0, 0.1) is 0 Å². The Hall–Kier alpha value is -3.08. The summed E-state index contributed by atoms with van der Waals surface area (Å²) in [6.07, 6.45) is 2.06. The van der Waals surface area contributed by atoms with E-state index in [-0.39, 0.29) is 12.4 Å². The summed E-state index contributed by atoms with van der Waals surface area (Å²) in [6, 6.07) is 17.5. The van der Waals surface area contributed by atoms with E-state index >= 15 is 0 Å². The highest BCUT2D eigenvalue weighted by Gasteiger charge is 2.15. The number of nitrogens with zero attached hydrogens (tertiary/aromatic N) is 2. The maximum Gasteiger partial charge on any atom is 0.313 e. The van der Waals surface area contributed by atoms with Gasteiger partial charge in [-0.1, -0.05) is 18.2 Å². The van der Waals surface area contributed by atoms with E-state index < -0.39 is 0 Å². The largest absolute Gasteiger partial charge is 0.497 e. The minimum absolute atomic E-state index is 0.124. The molecule has 3 rings (SSSR count). The first kappa shape index (κ1) is 16.8. The summed E-state index contributed by atoms with van der Waals surface area (Å²) in [4.78, 5) is 16.6. The van der Waals surface area contributed by atoms with E-state index in [2.05, 4.69) is 4.98 Å². The lowest BCUT2D eigenvalue weighted by Crippen LogP contribution is -2.11. The van der Waals surface area contributed by atoms with E-state index in [0.29, 0.717) is 12.4 Å². The average Bonchev–Trinajstić information content (AvgIpc) is 3.06. The summed E-state index contributed by atoms with van der Waals surface area (Å²) in [6.45, 7) is 2.15. The van der Waals surface area contributed by atoms with Gasteiger partial charge in [0, 0.05) is 17.4 Å². The number of aromatic nitrogens is 2. The van der Waals surface area contributed by atoms with Gasteiger partial charge in [-0.15, -0.1) is 0 Å². The van der Waals surface area contributed by atoms with Crippen molar-refractivity contribution in [3.05, 3.63) is 66.6 Å². The number of imidazole rings is 1. The molecule has 0 N–H and O–H groups in total. The highest BCUT2D eigenvalue weighted by atomic mass is 16.5. The number of para-hydroxylation sites is 1. The van der Waals surface area contributed by atoms with Crippen molar-refractivity contribution in [3.63, 3.8) is 0 Å². The van der Waals surface area contributed by atoms with E-state index in [1.807, 2.05) is 65.4 Å². The zero-order valence-corrected chi connectivity index (χ0v) is 14.3. The Bertz CT molecular complexity index is 839. The average molecular weight is 336 g/mol. The van der Waals surface area contributed by atoms with Crippen LogP contribution in [0.3, 0.4) is 0 Å². The van der Waals surface area contributed by atoms with Crippen molar-refractivity contribution in [2.75, 3.05) is 13.7 Å². The molecule has 0 spiro atoms. The highest BCUT2D eigenvalue weighted by Crippen LogP contribution is 2.24. The summed E-state index contributed by atoms with van der Waals surface area (Å²) in [5, 5.41) is 0. The monoisotopic (exact) mass is 336 g/mol. The van der Waals surface area contributed by atoms with E-state index in [0.717, 1.165) is 22.7 Å². The number of carbonyl (C=O) groups is 1. The number of rotatable bonds is 6. The Labute approximate surface area is 146 Å². The number of benzene rings is 2. The van der Waals surface area contributed by atoms with E-state index in [1.165, 1.54) is 0 Å². The van der Waals surface area contributed by atoms with Crippen molar-refractivity contribution in [1.82, 2.24) is 9.55 Å². The van der Waals surface area contributed by atoms with Gasteiger partial charge in [-0.05, 0) is 43.3 Å². The second-order valence-corrected chi connectivity index (χ2v) is 5.46. The molecule has 5 nitrogen and oxygen atoms in total. The SMILES string of the molecule is CCOC(=O)Cc1nc(-c2ccc(OC)cc2)cn1-c1ccccc1. The minimum atomic E-state index is -0.286. The van der Waals surface area contributed by atoms with Gasteiger partial charge in [0.05, 0.1) is 19.4 Å². The molecule has 1 heterocycles. The van der Waals surface area contributed by atoms with Crippen molar-refractivity contribution >= 4 is 5.97 Å². The number of methoxy groups -OCH3 is 1. The van der Waals surface area contributed by atoms with Crippen LogP contribution in [0.15, 0.2) is 60.8 Å².